The smallest absolute Gasteiger partial charge is 0.226 e. The third kappa shape index (κ3) is 4.56. The van der Waals surface area contributed by atoms with Crippen molar-refractivity contribution in [2.75, 3.05) is 18.5 Å². The zero-order valence-electron chi connectivity index (χ0n) is 16.9. The summed E-state index contributed by atoms with van der Waals surface area (Å²) in [6, 6.07) is 24.6. The van der Waals surface area contributed by atoms with Crippen molar-refractivity contribution in [2.24, 2.45) is 0 Å². The molecule has 0 amide bonds. The van der Waals surface area contributed by atoms with Crippen molar-refractivity contribution < 1.29 is 5.11 Å². The molecule has 4 aromatic rings. The van der Waals surface area contributed by atoms with Crippen LogP contribution in [0.3, 0.4) is 0 Å². The van der Waals surface area contributed by atoms with Crippen molar-refractivity contribution in [3.8, 4) is 22.5 Å². The van der Waals surface area contributed by atoms with E-state index in [1.165, 1.54) is 11.1 Å². The maximum Gasteiger partial charge on any atom is 0.226 e. The van der Waals surface area contributed by atoms with Gasteiger partial charge in [-0.1, -0.05) is 60.7 Å². The molecule has 0 radical (unpaired) electrons. The third-order valence-corrected chi connectivity index (χ3v) is 4.97. The maximum absolute atomic E-state index is 8.90. The second kappa shape index (κ2) is 9.35. The topological polar surface area (TPSA) is 85.9 Å². The van der Waals surface area contributed by atoms with Gasteiger partial charge in [-0.05, 0) is 41.3 Å². The molecule has 6 heteroatoms. The summed E-state index contributed by atoms with van der Waals surface area (Å²) in [5.41, 5.74) is 6.60. The lowest BCUT2D eigenvalue weighted by Gasteiger charge is -2.10. The van der Waals surface area contributed by atoms with E-state index in [9.17, 15) is 0 Å². The highest BCUT2D eigenvalue weighted by molar-refractivity contribution is 5.76. The van der Waals surface area contributed by atoms with E-state index in [1.54, 1.807) is 0 Å². The van der Waals surface area contributed by atoms with E-state index in [-0.39, 0.29) is 6.61 Å². The molecule has 0 aliphatic rings. The van der Waals surface area contributed by atoms with E-state index in [0.29, 0.717) is 19.0 Å². The van der Waals surface area contributed by atoms with Crippen LogP contribution in [0.2, 0.25) is 0 Å². The Hall–Kier alpha value is -3.48. The van der Waals surface area contributed by atoms with Crippen molar-refractivity contribution >= 4 is 11.6 Å². The summed E-state index contributed by atoms with van der Waals surface area (Å²) in [5, 5.41) is 24.0. The Morgan fingerprint density at radius 1 is 0.900 bits per heavy atom. The standard InChI is InChI=1S/C24H25N5O/c1-17-21(19-8-3-2-4-9-19)11-6-12-22(17)23-27-24(29-28-23)26-20-10-5-7-18(15-20)16-25-13-14-30/h2-12,15,25,30H,13-14,16H2,1H3,(H2,26,27,28,29). The number of nitrogens with zero attached hydrogens (tertiary/aromatic N) is 2. The summed E-state index contributed by atoms with van der Waals surface area (Å²) >= 11 is 0. The highest BCUT2D eigenvalue weighted by Crippen LogP contribution is 2.30. The van der Waals surface area contributed by atoms with Crippen molar-refractivity contribution in [3.63, 3.8) is 0 Å². The normalized spacial score (nSPS) is 10.9. The molecule has 0 aliphatic carbocycles. The number of aromatic amines is 1. The Kier molecular flexibility index (Phi) is 6.17. The van der Waals surface area contributed by atoms with Crippen LogP contribution in [0.4, 0.5) is 11.6 Å². The van der Waals surface area contributed by atoms with Crippen molar-refractivity contribution in [1.29, 1.82) is 0 Å². The summed E-state index contributed by atoms with van der Waals surface area (Å²) in [5.74, 6) is 1.32. The number of anilines is 2. The van der Waals surface area contributed by atoms with Gasteiger partial charge in [0, 0.05) is 24.3 Å². The Labute approximate surface area is 176 Å². The fourth-order valence-corrected chi connectivity index (χ4v) is 3.47. The molecule has 0 aliphatic heterocycles. The van der Waals surface area contributed by atoms with Crippen molar-refractivity contribution in [1.82, 2.24) is 20.5 Å². The van der Waals surface area contributed by atoms with E-state index in [0.717, 1.165) is 28.2 Å². The number of nitrogens with one attached hydrogen (secondary N) is 3. The van der Waals surface area contributed by atoms with E-state index < -0.39 is 0 Å². The fraction of sp³-hybridized carbons (Fsp3) is 0.167. The Morgan fingerprint density at radius 3 is 2.53 bits per heavy atom. The highest BCUT2D eigenvalue weighted by atomic mass is 16.3. The molecule has 0 saturated carbocycles. The summed E-state index contributed by atoms with van der Waals surface area (Å²) in [7, 11) is 0. The predicted octanol–water partition coefficient (Wildman–Crippen LogP) is 4.27. The van der Waals surface area contributed by atoms with Crippen LogP contribution in [0.15, 0.2) is 72.8 Å². The molecule has 4 N–H and O–H groups in total. The minimum Gasteiger partial charge on any atom is -0.395 e. The van der Waals surface area contributed by atoms with Crippen LogP contribution >= 0.6 is 0 Å². The number of hydrogen-bond donors (Lipinski definition) is 4. The maximum atomic E-state index is 8.90. The van der Waals surface area contributed by atoms with Crippen LogP contribution < -0.4 is 10.6 Å². The number of H-pyrrole nitrogens is 1. The molecule has 0 saturated heterocycles. The first kappa shape index (κ1) is 19.8. The Bertz CT molecular complexity index is 1110. The molecular formula is C24H25N5O. The Morgan fingerprint density at radius 2 is 1.70 bits per heavy atom. The van der Waals surface area contributed by atoms with E-state index in [1.807, 2.05) is 48.5 Å². The number of aliphatic hydroxyl groups is 1. The highest BCUT2D eigenvalue weighted by Gasteiger charge is 2.12. The second-order valence-electron chi connectivity index (χ2n) is 7.09. The minimum absolute atomic E-state index is 0.129. The van der Waals surface area contributed by atoms with Gasteiger partial charge in [-0.25, -0.2) is 0 Å². The minimum atomic E-state index is 0.129. The van der Waals surface area contributed by atoms with Crippen LogP contribution in [0, 0.1) is 6.92 Å². The summed E-state index contributed by atoms with van der Waals surface area (Å²) in [6.07, 6.45) is 0. The molecular weight excluding hydrogens is 374 g/mol. The lowest BCUT2D eigenvalue weighted by molar-refractivity contribution is 0.292. The van der Waals surface area contributed by atoms with Gasteiger partial charge in [0.15, 0.2) is 5.82 Å². The zero-order valence-corrected chi connectivity index (χ0v) is 16.9. The molecule has 152 valence electrons. The summed E-state index contributed by atoms with van der Waals surface area (Å²) < 4.78 is 0. The zero-order chi connectivity index (χ0) is 20.8. The molecule has 0 spiro atoms. The molecule has 0 bridgehead atoms. The molecule has 30 heavy (non-hydrogen) atoms. The predicted molar refractivity (Wildman–Crippen MR) is 121 cm³/mol. The third-order valence-electron chi connectivity index (χ3n) is 4.97. The fourth-order valence-electron chi connectivity index (χ4n) is 3.47. The quantitative estimate of drug-likeness (QED) is 0.333. The second-order valence-corrected chi connectivity index (χ2v) is 7.09. The van der Waals surface area contributed by atoms with Crippen LogP contribution in [0.25, 0.3) is 22.5 Å². The monoisotopic (exact) mass is 399 g/mol. The number of aromatic nitrogens is 3. The molecule has 1 heterocycles. The molecule has 3 aromatic carbocycles. The molecule has 0 unspecified atom stereocenters. The van der Waals surface area contributed by atoms with E-state index >= 15 is 0 Å². The largest absolute Gasteiger partial charge is 0.395 e. The van der Waals surface area contributed by atoms with Crippen LogP contribution in [0.1, 0.15) is 11.1 Å². The lowest BCUT2D eigenvalue weighted by Crippen LogP contribution is -2.17. The first-order chi connectivity index (χ1) is 14.7. The number of hydrogen-bond acceptors (Lipinski definition) is 5. The van der Waals surface area contributed by atoms with Gasteiger partial charge in [-0.3, -0.25) is 0 Å². The van der Waals surface area contributed by atoms with Gasteiger partial charge in [0.05, 0.1) is 6.61 Å². The molecule has 4 rings (SSSR count). The number of rotatable bonds is 8. The molecule has 0 fully saturated rings. The summed E-state index contributed by atoms with van der Waals surface area (Å²) in [4.78, 5) is 3.29. The van der Waals surface area contributed by atoms with E-state index in [4.69, 9.17) is 5.11 Å². The van der Waals surface area contributed by atoms with Gasteiger partial charge >= 0.3 is 0 Å². The Balaban J connectivity index is 1.53. The van der Waals surface area contributed by atoms with Gasteiger partial charge in [0.1, 0.15) is 0 Å². The number of benzene rings is 3. The SMILES string of the molecule is Cc1c(-c2ccccc2)cccc1-c1nnc(Nc2cccc(CNCCO)c2)[nH]1. The number of aliphatic hydroxyl groups excluding tert-OH is 1. The van der Waals surface area contributed by atoms with Gasteiger partial charge < -0.3 is 20.7 Å². The van der Waals surface area contributed by atoms with E-state index in [2.05, 4.69) is 57.0 Å². The molecule has 1 aromatic heterocycles. The summed E-state index contributed by atoms with van der Waals surface area (Å²) in [6.45, 7) is 3.51. The first-order valence-electron chi connectivity index (χ1n) is 10.0. The first-order valence-corrected chi connectivity index (χ1v) is 10.0. The van der Waals surface area contributed by atoms with Gasteiger partial charge in [0.2, 0.25) is 5.95 Å². The van der Waals surface area contributed by atoms with Gasteiger partial charge in [-0.2, -0.15) is 0 Å². The van der Waals surface area contributed by atoms with Crippen LogP contribution in [0.5, 0.6) is 0 Å². The van der Waals surface area contributed by atoms with Crippen LogP contribution in [-0.2, 0) is 6.54 Å². The molecule has 6 nitrogen and oxygen atoms in total. The van der Waals surface area contributed by atoms with Crippen molar-refractivity contribution in [2.45, 2.75) is 13.5 Å². The molecule has 0 atom stereocenters. The van der Waals surface area contributed by atoms with Gasteiger partial charge in [0.25, 0.3) is 0 Å². The van der Waals surface area contributed by atoms with Gasteiger partial charge in [-0.15, -0.1) is 10.2 Å². The van der Waals surface area contributed by atoms with Crippen LogP contribution in [-0.4, -0.2) is 33.4 Å². The average Bonchev–Trinajstić information content (AvgIpc) is 3.23. The average molecular weight is 399 g/mol. The van der Waals surface area contributed by atoms with Crippen molar-refractivity contribution in [3.05, 3.63) is 83.9 Å². The lowest BCUT2D eigenvalue weighted by atomic mass is 9.96.